The Morgan fingerprint density at radius 2 is 1.90 bits per heavy atom. The third-order valence-electron chi connectivity index (χ3n) is 3.50. The van der Waals surface area contributed by atoms with Gasteiger partial charge < -0.3 is 10.0 Å². The summed E-state index contributed by atoms with van der Waals surface area (Å²) in [5, 5.41) is 9.57. The van der Waals surface area contributed by atoms with Gasteiger partial charge >= 0.3 is 5.97 Å². The van der Waals surface area contributed by atoms with Gasteiger partial charge in [0.25, 0.3) is 0 Å². The maximum Gasteiger partial charge on any atom is 0.323 e. The zero-order valence-electron chi connectivity index (χ0n) is 11.7. The summed E-state index contributed by atoms with van der Waals surface area (Å²) in [5.74, 6) is -1.22. The van der Waals surface area contributed by atoms with Crippen LogP contribution in [0.15, 0.2) is 35.9 Å². The van der Waals surface area contributed by atoms with Gasteiger partial charge in [0.1, 0.15) is 6.54 Å². The fourth-order valence-electron chi connectivity index (χ4n) is 2.43. The van der Waals surface area contributed by atoms with E-state index in [0.717, 1.165) is 31.3 Å². The number of carboxylic acid groups (broad SMARTS) is 1. The molecule has 0 heterocycles. The van der Waals surface area contributed by atoms with Crippen LogP contribution in [0.25, 0.3) is 0 Å². The first-order valence-electron chi connectivity index (χ1n) is 7.02. The molecule has 0 saturated carbocycles. The van der Waals surface area contributed by atoms with E-state index >= 15 is 0 Å². The number of carbonyl (C=O) groups excluding carboxylic acids is 1. The van der Waals surface area contributed by atoms with Gasteiger partial charge in [-0.25, -0.2) is 0 Å². The number of carboxylic acids is 1. The predicted molar refractivity (Wildman–Crippen MR) is 82.6 cm³/mol. The number of aliphatic carboxylic acids is 1. The van der Waals surface area contributed by atoms with Crippen molar-refractivity contribution in [2.45, 2.75) is 32.1 Å². The first-order chi connectivity index (χ1) is 10.1. The molecule has 0 atom stereocenters. The van der Waals surface area contributed by atoms with Crippen molar-refractivity contribution < 1.29 is 14.7 Å². The third kappa shape index (κ3) is 4.60. The lowest BCUT2D eigenvalue weighted by molar-refractivity contribution is -0.136. The Morgan fingerprint density at radius 1 is 1.19 bits per heavy atom. The maximum atomic E-state index is 12.4. The lowest BCUT2D eigenvalue weighted by Gasteiger charge is -2.22. The maximum absolute atomic E-state index is 12.4. The second kappa shape index (κ2) is 7.27. The number of rotatable bonds is 5. The summed E-state index contributed by atoms with van der Waals surface area (Å²) in [6.07, 6.45) is 6.57. The monoisotopic (exact) mass is 307 g/mol. The van der Waals surface area contributed by atoms with E-state index in [4.69, 9.17) is 16.7 Å². The largest absolute Gasteiger partial charge is 0.480 e. The van der Waals surface area contributed by atoms with Crippen LogP contribution in [0.1, 0.15) is 32.1 Å². The highest BCUT2D eigenvalue weighted by atomic mass is 35.5. The lowest BCUT2D eigenvalue weighted by Crippen LogP contribution is -2.35. The topological polar surface area (TPSA) is 57.6 Å². The number of anilines is 1. The van der Waals surface area contributed by atoms with Crippen molar-refractivity contribution in [2.75, 3.05) is 11.4 Å². The molecule has 0 saturated heterocycles. The molecule has 0 aliphatic heterocycles. The third-order valence-corrected chi connectivity index (χ3v) is 3.75. The highest BCUT2D eigenvalue weighted by Gasteiger charge is 2.20. The van der Waals surface area contributed by atoms with Crippen molar-refractivity contribution in [2.24, 2.45) is 0 Å². The highest BCUT2D eigenvalue weighted by molar-refractivity contribution is 6.30. The number of nitrogens with zero attached hydrogens (tertiary/aromatic N) is 1. The van der Waals surface area contributed by atoms with E-state index in [-0.39, 0.29) is 18.9 Å². The zero-order valence-corrected chi connectivity index (χ0v) is 12.5. The van der Waals surface area contributed by atoms with Crippen molar-refractivity contribution in [3.63, 3.8) is 0 Å². The molecule has 1 aromatic carbocycles. The Kier molecular flexibility index (Phi) is 5.39. The van der Waals surface area contributed by atoms with Crippen molar-refractivity contribution in [1.29, 1.82) is 0 Å². The van der Waals surface area contributed by atoms with Crippen LogP contribution >= 0.6 is 11.6 Å². The van der Waals surface area contributed by atoms with Gasteiger partial charge in [-0.05, 0) is 49.9 Å². The second-order valence-corrected chi connectivity index (χ2v) is 5.57. The van der Waals surface area contributed by atoms with Gasteiger partial charge in [-0.2, -0.15) is 0 Å². The summed E-state index contributed by atoms with van der Waals surface area (Å²) in [5.41, 5.74) is 1.67. The minimum Gasteiger partial charge on any atom is -0.480 e. The van der Waals surface area contributed by atoms with Crippen LogP contribution < -0.4 is 4.90 Å². The molecule has 0 unspecified atom stereocenters. The van der Waals surface area contributed by atoms with Crippen molar-refractivity contribution >= 4 is 29.2 Å². The first-order valence-corrected chi connectivity index (χ1v) is 7.39. The predicted octanol–water partition coefficient (Wildman–Crippen LogP) is 3.65. The fraction of sp³-hybridized carbons (Fsp3) is 0.375. The summed E-state index contributed by atoms with van der Waals surface area (Å²) in [6, 6.07) is 6.63. The molecule has 21 heavy (non-hydrogen) atoms. The van der Waals surface area contributed by atoms with Crippen molar-refractivity contribution in [1.82, 2.24) is 0 Å². The van der Waals surface area contributed by atoms with Crippen molar-refractivity contribution in [3.05, 3.63) is 40.9 Å². The quantitative estimate of drug-likeness (QED) is 0.845. The minimum absolute atomic E-state index is 0.187. The summed E-state index contributed by atoms with van der Waals surface area (Å²) in [4.78, 5) is 24.7. The van der Waals surface area contributed by atoms with Crippen LogP contribution in [0.2, 0.25) is 5.02 Å². The fourth-order valence-corrected chi connectivity index (χ4v) is 2.56. The Bertz CT molecular complexity index is 551. The van der Waals surface area contributed by atoms with E-state index in [2.05, 4.69) is 6.08 Å². The van der Waals surface area contributed by atoms with E-state index in [9.17, 15) is 9.59 Å². The number of amides is 1. The SMILES string of the molecule is O=C(O)CN(C(=O)CC1=CCCCC1)c1ccc(Cl)cc1. The number of halogens is 1. The van der Waals surface area contributed by atoms with Crippen LogP contribution in [0.4, 0.5) is 5.69 Å². The normalized spacial score (nSPS) is 14.4. The summed E-state index contributed by atoms with van der Waals surface area (Å²) in [6.45, 7) is -0.340. The average molecular weight is 308 g/mol. The number of benzene rings is 1. The highest BCUT2D eigenvalue weighted by Crippen LogP contribution is 2.23. The molecule has 1 N–H and O–H groups in total. The second-order valence-electron chi connectivity index (χ2n) is 5.13. The van der Waals surface area contributed by atoms with Crippen LogP contribution in [0.5, 0.6) is 0 Å². The molecule has 5 heteroatoms. The zero-order chi connectivity index (χ0) is 15.2. The van der Waals surface area contributed by atoms with Gasteiger partial charge in [0.2, 0.25) is 5.91 Å². The molecular formula is C16H18ClNO3. The molecule has 0 fully saturated rings. The molecule has 0 radical (unpaired) electrons. The summed E-state index contributed by atoms with van der Waals surface area (Å²) >= 11 is 5.83. The molecule has 0 bridgehead atoms. The molecule has 0 aromatic heterocycles. The smallest absolute Gasteiger partial charge is 0.323 e. The summed E-state index contributed by atoms with van der Waals surface area (Å²) < 4.78 is 0. The van der Waals surface area contributed by atoms with Crippen LogP contribution in [0, 0.1) is 0 Å². The van der Waals surface area contributed by atoms with Gasteiger partial charge in [-0.1, -0.05) is 23.3 Å². The van der Waals surface area contributed by atoms with Crippen LogP contribution in [-0.4, -0.2) is 23.5 Å². The van der Waals surface area contributed by atoms with E-state index in [1.54, 1.807) is 24.3 Å². The van der Waals surface area contributed by atoms with Gasteiger partial charge in [0.05, 0.1) is 0 Å². The van der Waals surface area contributed by atoms with Gasteiger partial charge in [0.15, 0.2) is 0 Å². The number of hydrogen-bond acceptors (Lipinski definition) is 2. The molecule has 0 spiro atoms. The minimum atomic E-state index is -1.03. The Labute approximate surface area is 129 Å². The number of allylic oxidation sites excluding steroid dienone is 1. The summed E-state index contributed by atoms with van der Waals surface area (Å²) in [7, 11) is 0. The molecule has 112 valence electrons. The first kappa shape index (κ1) is 15.6. The number of hydrogen-bond donors (Lipinski definition) is 1. The molecule has 4 nitrogen and oxygen atoms in total. The molecular weight excluding hydrogens is 290 g/mol. The van der Waals surface area contributed by atoms with Gasteiger partial charge in [-0.3, -0.25) is 9.59 Å². The van der Waals surface area contributed by atoms with Crippen LogP contribution in [-0.2, 0) is 9.59 Å². The van der Waals surface area contributed by atoms with E-state index < -0.39 is 5.97 Å². The van der Waals surface area contributed by atoms with Gasteiger partial charge in [-0.15, -0.1) is 0 Å². The standard InChI is InChI=1S/C16H18ClNO3/c17-13-6-8-14(9-7-13)18(11-16(20)21)15(19)10-12-4-2-1-3-5-12/h4,6-9H,1-3,5,10-11H2,(H,20,21). The Balaban J connectivity index is 2.14. The van der Waals surface area contributed by atoms with Crippen molar-refractivity contribution in [3.8, 4) is 0 Å². The van der Waals surface area contributed by atoms with E-state index in [0.29, 0.717) is 10.7 Å². The molecule has 1 aliphatic carbocycles. The molecule has 1 amide bonds. The van der Waals surface area contributed by atoms with Gasteiger partial charge in [0, 0.05) is 17.1 Å². The molecule has 1 aliphatic rings. The Hall–Kier alpha value is -1.81. The number of carbonyl (C=O) groups is 2. The molecule has 2 rings (SSSR count). The van der Waals surface area contributed by atoms with Crippen LogP contribution in [0.3, 0.4) is 0 Å². The molecule has 1 aromatic rings. The van der Waals surface area contributed by atoms with E-state index in [1.165, 1.54) is 4.90 Å². The van der Waals surface area contributed by atoms with E-state index in [1.807, 2.05) is 0 Å². The average Bonchev–Trinajstić information content (AvgIpc) is 2.46. The lowest BCUT2D eigenvalue weighted by atomic mass is 9.97. The Morgan fingerprint density at radius 3 is 2.48 bits per heavy atom.